The fraction of sp³-hybridized carbons (Fsp3) is 0.250. The van der Waals surface area contributed by atoms with Gasteiger partial charge in [0.25, 0.3) is 0 Å². The molecule has 2 amide bonds. The molecular formula is C12H14N2O5. The van der Waals surface area contributed by atoms with Crippen molar-refractivity contribution in [3.8, 4) is 0 Å². The summed E-state index contributed by atoms with van der Waals surface area (Å²) in [4.78, 5) is 33.3. The van der Waals surface area contributed by atoms with Gasteiger partial charge < -0.3 is 20.5 Å². The third-order valence-corrected chi connectivity index (χ3v) is 2.26. The lowest BCUT2D eigenvalue weighted by Crippen LogP contribution is -2.40. The third-order valence-electron chi connectivity index (χ3n) is 2.26. The van der Waals surface area contributed by atoms with Crippen molar-refractivity contribution in [1.29, 1.82) is 0 Å². The second-order valence-electron chi connectivity index (χ2n) is 3.73. The Labute approximate surface area is 109 Å². The van der Waals surface area contributed by atoms with Gasteiger partial charge >= 0.3 is 18.0 Å². The molecule has 1 aromatic carbocycles. The highest BCUT2D eigenvalue weighted by atomic mass is 16.5. The summed E-state index contributed by atoms with van der Waals surface area (Å²) in [5.74, 6) is -1.67. The standard InChI is InChI=1S/C12H14N2O5/c1-7(10(15)16)13-12(18)14-9-5-3-4-8(6-9)11(17)19-2/h3-7H,1-2H3,(H,15,16)(H2,13,14,18). The minimum absolute atomic E-state index is 0.284. The Kier molecular flexibility index (Phi) is 4.87. The molecule has 0 aliphatic rings. The molecule has 7 nitrogen and oxygen atoms in total. The molecular weight excluding hydrogens is 252 g/mol. The molecule has 0 saturated heterocycles. The number of esters is 1. The van der Waals surface area contributed by atoms with E-state index in [1.807, 2.05) is 0 Å². The smallest absolute Gasteiger partial charge is 0.337 e. The monoisotopic (exact) mass is 266 g/mol. The minimum Gasteiger partial charge on any atom is -0.480 e. The van der Waals surface area contributed by atoms with Crippen molar-refractivity contribution in [1.82, 2.24) is 5.32 Å². The quantitative estimate of drug-likeness (QED) is 0.707. The summed E-state index contributed by atoms with van der Waals surface area (Å²) >= 11 is 0. The molecule has 19 heavy (non-hydrogen) atoms. The molecule has 102 valence electrons. The maximum atomic E-state index is 11.5. The number of urea groups is 1. The molecule has 0 radical (unpaired) electrons. The van der Waals surface area contributed by atoms with E-state index < -0.39 is 24.0 Å². The summed E-state index contributed by atoms with van der Waals surface area (Å²) in [6, 6.07) is 4.42. The van der Waals surface area contributed by atoms with Crippen LogP contribution in [0.1, 0.15) is 17.3 Å². The Morgan fingerprint density at radius 3 is 2.58 bits per heavy atom. The van der Waals surface area contributed by atoms with Gasteiger partial charge in [-0.15, -0.1) is 0 Å². The van der Waals surface area contributed by atoms with Crippen molar-refractivity contribution in [3.05, 3.63) is 29.8 Å². The van der Waals surface area contributed by atoms with Gasteiger partial charge in [-0.25, -0.2) is 9.59 Å². The van der Waals surface area contributed by atoms with Crippen LogP contribution in [-0.2, 0) is 9.53 Å². The predicted octanol–water partition coefficient (Wildman–Crippen LogP) is 1.07. The maximum absolute atomic E-state index is 11.5. The highest BCUT2D eigenvalue weighted by molar-refractivity contribution is 5.95. The molecule has 0 heterocycles. The normalized spacial score (nSPS) is 11.3. The Bertz CT molecular complexity index is 501. The SMILES string of the molecule is COC(=O)c1cccc(NC(=O)NC(C)C(=O)O)c1. The van der Waals surface area contributed by atoms with Crippen LogP contribution in [0, 0.1) is 0 Å². The first-order chi connectivity index (χ1) is 8.93. The first-order valence-electron chi connectivity index (χ1n) is 5.42. The number of aliphatic carboxylic acids is 1. The molecule has 0 bridgehead atoms. The number of rotatable bonds is 4. The number of nitrogens with one attached hydrogen (secondary N) is 2. The van der Waals surface area contributed by atoms with E-state index in [2.05, 4.69) is 15.4 Å². The zero-order chi connectivity index (χ0) is 14.4. The number of methoxy groups -OCH3 is 1. The van der Waals surface area contributed by atoms with Crippen LogP contribution in [0.15, 0.2) is 24.3 Å². The summed E-state index contributed by atoms with van der Waals surface area (Å²) in [6.07, 6.45) is 0. The van der Waals surface area contributed by atoms with Gasteiger partial charge in [0.05, 0.1) is 12.7 Å². The fourth-order valence-corrected chi connectivity index (χ4v) is 1.27. The number of ether oxygens (including phenoxy) is 1. The fourth-order valence-electron chi connectivity index (χ4n) is 1.27. The zero-order valence-corrected chi connectivity index (χ0v) is 10.5. The molecule has 1 rings (SSSR count). The topological polar surface area (TPSA) is 105 Å². The van der Waals surface area contributed by atoms with Crippen molar-refractivity contribution in [2.75, 3.05) is 12.4 Å². The van der Waals surface area contributed by atoms with Crippen molar-refractivity contribution >= 4 is 23.7 Å². The zero-order valence-electron chi connectivity index (χ0n) is 10.5. The number of carboxylic acids is 1. The Morgan fingerprint density at radius 1 is 1.32 bits per heavy atom. The second-order valence-corrected chi connectivity index (χ2v) is 3.73. The van der Waals surface area contributed by atoms with Crippen molar-refractivity contribution in [2.45, 2.75) is 13.0 Å². The number of carboxylic acid groups (broad SMARTS) is 1. The number of amides is 2. The van der Waals surface area contributed by atoms with Crippen LogP contribution in [0.25, 0.3) is 0 Å². The lowest BCUT2D eigenvalue weighted by Gasteiger charge is -2.11. The van der Waals surface area contributed by atoms with Crippen molar-refractivity contribution < 1.29 is 24.2 Å². The number of carbonyl (C=O) groups excluding carboxylic acids is 2. The minimum atomic E-state index is -1.14. The number of hydrogen-bond donors (Lipinski definition) is 3. The number of hydrogen-bond acceptors (Lipinski definition) is 4. The van der Waals surface area contributed by atoms with Gasteiger partial charge in [-0.2, -0.15) is 0 Å². The van der Waals surface area contributed by atoms with Crippen LogP contribution < -0.4 is 10.6 Å². The molecule has 3 N–H and O–H groups in total. The first kappa shape index (κ1) is 14.5. The van der Waals surface area contributed by atoms with Crippen LogP contribution in [0.2, 0.25) is 0 Å². The van der Waals surface area contributed by atoms with Crippen LogP contribution in [0.5, 0.6) is 0 Å². The van der Waals surface area contributed by atoms with E-state index in [0.717, 1.165) is 0 Å². The molecule has 7 heteroatoms. The first-order valence-corrected chi connectivity index (χ1v) is 5.42. The number of benzene rings is 1. The summed E-state index contributed by atoms with van der Waals surface area (Å²) < 4.78 is 4.55. The highest BCUT2D eigenvalue weighted by Gasteiger charge is 2.14. The van der Waals surface area contributed by atoms with Gasteiger partial charge in [0, 0.05) is 5.69 Å². The third kappa shape index (κ3) is 4.30. The molecule has 0 saturated carbocycles. The van der Waals surface area contributed by atoms with Crippen molar-refractivity contribution in [2.24, 2.45) is 0 Å². The lowest BCUT2D eigenvalue weighted by atomic mass is 10.2. The van der Waals surface area contributed by atoms with E-state index in [9.17, 15) is 14.4 Å². The van der Waals surface area contributed by atoms with Gasteiger partial charge in [0.15, 0.2) is 0 Å². The molecule has 0 aliphatic heterocycles. The largest absolute Gasteiger partial charge is 0.480 e. The summed E-state index contributed by atoms with van der Waals surface area (Å²) in [5.41, 5.74) is 0.643. The van der Waals surface area contributed by atoms with Gasteiger partial charge in [-0.3, -0.25) is 4.79 Å². The number of anilines is 1. The predicted molar refractivity (Wildman–Crippen MR) is 67.0 cm³/mol. The average molecular weight is 266 g/mol. The van der Waals surface area contributed by atoms with Crippen LogP contribution >= 0.6 is 0 Å². The molecule has 0 aliphatic carbocycles. The van der Waals surface area contributed by atoms with E-state index in [1.54, 1.807) is 12.1 Å². The second kappa shape index (κ2) is 6.39. The summed E-state index contributed by atoms with van der Waals surface area (Å²) in [7, 11) is 1.25. The summed E-state index contributed by atoms with van der Waals surface area (Å²) in [6.45, 7) is 1.34. The van der Waals surface area contributed by atoms with E-state index in [1.165, 1.54) is 26.2 Å². The average Bonchev–Trinajstić information content (AvgIpc) is 2.37. The van der Waals surface area contributed by atoms with Crippen LogP contribution in [-0.4, -0.2) is 36.2 Å². The Hall–Kier alpha value is -2.57. The van der Waals surface area contributed by atoms with Gasteiger partial charge in [-0.1, -0.05) is 6.07 Å². The van der Waals surface area contributed by atoms with Crippen LogP contribution in [0.3, 0.4) is 0 Å². The molecule has 0 spiro atoms. The highest BCUT2D eigenvalue weighted by Crippen LogP contribution is 2.11. The molecule has 1 aromatic rings. The van der Waals surface area contributed by atoms with E-state index >= 15 is 0 Å². The maximum Gasteiger partial charge on any atom is 0.337 e. The Morgan fingerprint density at radius 2 is 2.00 bits per heavy atom. The molecule has 1 atom stereocenters. The van der Waals surface area contributed by atoms with Gasteiger partial charge in [-0.05, 0) is 25.1 Å². The lowest BCUT2D eigenvalue weighted by molar-refractivity contribution is -0.138. The molecule has 0 fully saturated rings. The van der Waals surface area contributed by atoms with E-state index in [4.69, 9.17) is 5.11 Å². The van der Waals surface area contributed by atoms with Crippen LogP contribution in [0.4, 0.5) is 10.5 Å². The van der Waals surface area contributed by atoms with Gasteiger partial charge in [0.2, 0.25) is 0 Å². The number of carbonyl (C=O) groups is 3. The van der Waals surface area contributed by atoms with Gasteiger partial charge in [0.1, 0.15) is 6.04 Å². The Balaban J connectivity index is 2.69. The summed E-state index contributed by atoms with van der Waals surface area (Å²) in [5, 5.41) is 13.3. The molecule has 0 aromatic heterocycles. The molecule has 1 unspecified atom stereocenters. The van der Waals surface area contributed by atoms with E-state index in [-0.39, 0.29) is 5.56 Å². The van der Waals surface area contributed by atoms with E-state index in [0.29, 0.717) is 5.69 Å². The van der Waals surface area contributed by atoms with Crippen molar-refractivity contribution in [3.63, 3.8) is 0 Å².